The Morgan fingerprint density at radius 2 is 1.60 bits per heavy atom. The lowest BCUT2D eigenvalue weighted by molar-refractivity contribution is 0.0210. The SMILES string of the molecule is CC[C@H](CCc1cc(N(COCC[Si](C)(C)C)COCC[Si](C)(C)C)n2ncc(-c3ccc(-c4ccn(C)n4)nc3)c2n1)N(C)C(=O)OC(C)(C)C. The van der Waals surface area contributed by atoms with Crippen LogP contribution in [0.4, 0.5) is 10.6 Å². The van der Waals surface area contributed by atoms with E-state index < -0.39 is 21.7 Å². The summed E-state index contributed by atoms with van der Waals surface area (Å²) < 4.78 is 22.0. The molecule has 0 N–H and O–H groups in total. The Hall–Kier alpha value is -3.60. The van der Waals surface area contributed by atoms with E-state index in [1.165, 1.54) is 0 Å². The Morgan fingerprint density at radius 1 is 0.942 bits per heavy atom. The maximum absolute atomic E-state index is 13.0. The molecule has 0 spiro atoms. The normalized spacial score (nSPS) is 13.1. The van der Waals surface area contributed by atoms with Crippen molar-refractivity contribution in [1.29, 1.82) is 0 Å². The molecule has 0 saturated heterocycles. The van der Waals surface area contributed by atoms with Crippen molar-refractivity contribution in [3.8, 4) is 22.5 Å². The molecule has 286 valence electrons. The van der Waals surface area contributed by atoms with Gasteiger partial charge in [-0.3, -0.25) is 9.67 Å². The molecular weight excluding hydrogens is 689 g/mol. The van der Waals surface area contributed by atoms with Crippen molar-refractivity contribution >= 4 is 33.7 Å². The molecule has 4 aromatic rings. The molecule has 0 aliphatic carbocycles. The Kier molecular flexibility index (Phi) is 13.8. The first-order valence-electron chi connectivity index (χ1n) is 18.5. The highest BCUT2D eigenvalue weighted by Crippen LogP contribution is 2.29. The van der Waals surface area contributed by atoms with E-state index in [4.69, 9.17) is 29.3 Å². The number of aryl methyl sites for hydroxylation is 2. The third-order valence-electron chi connectivity index (χ3n) is 8.80. The first kappa shape index (κ1) is 41.2. The van der Waals surface area contributed by atoms with Crippen molar-refractivity contribution < 1.29 is 19.0 Å². The fraction of sp³-hybridized carbons (Fsp3) is 0.605. The molecule has 4 aromatic heterocycles. The third-order valence-corrected chi connectivity index (χ3v) is 12.2. The van der Waals surface area contributed by atoms with E-state index >= 15 is 0 Å². The molecule has 0 radical (unpaired) electrons. The molecule has 0 aliphatic heterocycles. The number of carbonyl (C=O) groups is 1. The summed E-state index contributed by atoms with van der Waals surface area (Å²) >= 11 is 0. The van der Waals surface area contributed by atoms with E-state index in [0.717, 1.165) is 64.6 Å². The Morgan fingerprint density at radius 3 is 2.12 bits per heavy atom. The van der Waals surface area contributed by atoms with Crippen molar-refractivity contribution in [2.24, 2.45) is 7.05 Å². The van der Waals surface area contributed by atoms with E-state index in [1.54, 1.807) is 9.58 Å². The van der Waals surface area contributed by atoms with E-state index in [2.05, 4.69) is 62.3 Å². The number of rotatable bonds is 18. The fourth-order valence-electron chi connectivity index (χ4n) is 5.55. The summed E-state index contributed by atoms with van der Waals surface area (Å²) in [7, 11) is 1.17. The molecule has 0 unspecified atom stereocenters. The zero-order valence-electron chi connectivity index (χ0n) is 33.7. The standard InChI is InChI=1S/C38H62N8O4Si2/c1-13-31(44(6)37(47)50-38(2,3)4)16-15-30-24-35(45(27-48-20-22-51(7,8)9)28-49-21-23-52(10,11)12)46-36(41-30)32(26-40-46)29-14-17-33(39-25-29)34-18-19-43(5)42-34/h14,17-19,24-26,31H,13,15-16,20-23,27-28H2,1-12H3/t31-/m1/s1. The Bertz CT molecular complexity index is 1720. The number of nitrogens with zero attached hydrogens (tertiary/aromatic N) is 8. The summed E-state index contributed by atoms with van der Waals surface area (Å²) in [4.78, 5) is 26.8. The monoisotopic (exact) mass is 750 g/mol. The van der Waals surface area contributed by atoms with Crippen molar-refractivity contribution in [2.75, 3.05) is 38.6 Å². The molecule has 12 nitrogen and oxygen atoms in total. The molecule has 52 heavy (non-hydrogen) atoms. The van der Waals surface area contributed by atoms with Gasteiger partial charge in [0.25, 0.3) is 0 Å². The lowest BCUT2D eigenvalue weighted by Gasteiger charge is -2.30. The van der Waals surface area contributed by atoms with Gasteiger partial charge in [-0.15, -0.1) is 0 Å². The molecule has 0 aromatic carbocycles. The summed E-state index contributed by atoms with van der Waals surface area (Å²) in [6.07, 6.45) is 7.46. The smallest absolute Gasteiger partial charge is 0.410 e. The summed E-state index contributed by atoms with van der Waals surface area (Å²) in [5.41, 5.74) is 4.46. The van der Waals surface area contributed by atoms with Gasteiger partial charge in [0, 0.05) is 84.8 Å². The maximum Gasteiger partial charge on any atom is 0.410 e. The maximum atomic E-state index is 13.0. The molecule has 0 bridgehead atoms. The van der Waals surface area contributed by atoms with Gasteiger partial charge >= 0.3 is 6.09 Å². The van der Waals surface area contributed by atoms with Crippen LogP contribution in [0.1, 0.15) is 46.2 Å². The van der Waals surface area contributed by atoms with Crippen LogP contribution < -0.4 is 4.90 Å². The number of carbonyl (C=O) groups excluding carboxylic acids is 1. The summed E-state index contributed by atoms with van der Waals surface area (Å²) in [6, 6.07) is 10.2. The van der Waals surface area contributed by atoms with Gasteiger partial charge in [-0.25, -0.2) is 9.78 Å². The summed E-state index contributed by atoms with van der Waals surface area (Å²) in [6.45, 7) is 24.0. The van der Waals surface area contributed by atoms with Crippen molar-refractivity contribution in [3.05, 3.63) is 48.5 Å². The molecule has 0 aliphatic rings. The average Bonchev–Trinajstić information content (AvgIpc) is 3.68. The van der Waals surface area contributed by atoms with Crippen LogP contribution in [0, 0.1) is 0 Å². The van der Waals surface area contributed by atoms with Crippen molar-refractivity contribution in [3.63, 3.8) is 0 Å². The average molecular weight is 751 g/mol. The molecule has 1 amide bonds. The number of pyridine rings is 1. The molecule has 4 heterocycles. The van der Waals surface area contributed by atoms with Gasteiger partial charge in [-0.2, -0.15) is 14.7 Å². The highest BCUT2D eigenvalue weighted by molar-refractivity contribution is 6.76. The van der Waals surface area contributed by atoms with Gasteiger partial charge in [0.05, 0.1) is 11.9 Å². The van der Waals surface area contributed by atoms with Crippen LogP contribution in [-0.2, 0) is 27.7 Å². The Balaban J connectivity index is 1.71. The van der Waals surface area contributed by atoms with Crippen LogP contribution in [0.25, 0.3) is 28.2 Å². The number of hydrogen-bond donors (Lipinski definition) is 0. The number of amides is 1. The molecule has 4 rings (SSSR count). The van der Waals surface area contributed by atoms with Gasteiger partial charge in [0.15, 0.2) is 5.65 Å². The molecule has 0 fully saturated rings. The van der Waals surface area contributed by atoms with E-state index in [1.807, 2.05) is 76.2 Å². The van der Waals surface area contributed by atoms with Gasteiger partial charge in [0.2, 0.25) is 0 Å². The lowest BCUT2D eigenvalue weighted by atomic mass is 10.1. The van der Waals surface area contributed by atoms with Crippen molar-refractivity contribution in [2.45, 2.75) is 110 Å². The van der Waals surface area contributed by atoms with Gasteiger partial charge in [-0.05, 0) is 64.3 Å². The molecule has 1 atom stereocenters. The molecular formula is C38H62N8O4Si2. The van der Waals surface area contributed by atoms with E-state index in [0.29, 0.717) is 33.1 Å². The first-order valence-corrected chi connectivity index (χ1v) is 26.0. The van der Waals surface area contributed by atoms with Crippen LogP contribution in [0.15, 0.2) is 42.9 Å². The highest BCUT2D eigenvalue weighted by atomic mass is 28.3. The molecule has 0 saturated carbocycles. The summed E-state index contributed by atoms with van der Waals surface area (Å²) in [5.74, 6) is 0.846. The topological polar surface area (TPSA) is 112 Å². The predicted octanol–water partition coefficient (Wildman–Crippen LogP) is 8.20. The van der Waals surface area contributed by atoms with Crippen LogP contribution in [-0.4, -0.2) is 102 Å². The highest BCUT2D eigenvalue weighted by Gasteiger charge is 2.26. The zero-order chi connectivity index (χ0) is 38.3. The Labute approximate surface area is 312 Å². The minimum absolute atomic E-state index is 0.0186. The second kappa shape index (κ2) is 17.5. The number of ether oxygens (including phenoxy) is 3. The fourth-order valence-corrected chi connectivity index (χ4v) is 7.07. The molecule has 14 heteroatoms. The van der Waals surface area contributed by atoms with Crippen molar-refractivity contribution in [1.82, 2.24) is 34.3 Å². The van der Waals surface area contributed by atoms with Crippen LogP contribution >= 0.6 is 0 Å². The zero-order valence-corrected chi connectivity index (χ0v) is 35.7. The van der Waals surface area contributed by atoms with Gasteiger partial charge < -0.3 is 24.0 Å². The number of anilines is 1. The van der Waals surface area contributed by atoms with Gasteiger partial charge in [0.1, 0.15) is 30.6 Å². The second-order valence-electron chi connectivity index (χ2n) is 17.1. The van der Waals surface area contributed by atoms with E-state index in [-0.39, 0.29) is 12.1 Å². The van der Waals surface area contributed by atoms with E-state index in [9.17, 15) is 4.79 Å². The second-order valence-corrected chi connectivity index (χ2v) is 28.4. The van der Waals surface area contributed by atoms with Crippen LogP contribution in [0.5, 0.6) is 0 Å². The number of fused-ring (bicyclic) bond motifs is 1. The van der Waals surface area contributed by atoms with Crippen LogP contribution in [0.2, 0.25) is 51.4 Å². The minimum Gasteiger partial charge on any atom is -0.444 e. The summed E-state index contributed by atoms with van der Waals surface area (Å²) in [5, 5.41) is 9.38. The minimum atomic E-state index is -1.27. The third kappa shape index (κ3) is 12.2. The predicted molar refractivity (Wildman–Crippen MR) is 215 cm³/mol. The quantitative estimate of drug-likeness (QED) is 0.0565. The number of hydrogen-bond acceptors (Lipinski definition) is 9. The van der Waals surface area contributed by atoms with Gasteiger partial charge in [-0.1, -0.05) is 52.3 Å². The number of aromatic nitrogens is 6. The van der Waals surface area contributed by atoms with Crippen LogP contribution in [0.3, 0.4) is 0 Å². The first-order chi connectivity index (χ1) is 24.3. The lowest BCUT2D eigenvalue weighted by Crippen LogP contribution is -2.40. The largest absolute Gasteiger partial charge is 0.444 e.